The third kappa shape index (κ3) is 4.77. The Morgan fingerprint density at radius 1 is 1.38 bits per heavy atom. The van der Waals surface area contributed by atoms with Crippen LogP contribution in [0, 0.1) is 12.8 Å². The Kier molecular flexibility index (Phi) is 5.67. The van der Waals surface area contributed by atoms with Gasteiger partial charge in [0.15, 0.2) is 0 Å². The van der Waals surface area contributed by atoms with Gasteiger partial charge in [0.25, 0.3) is 0 Å². The number of carboxylic acid groups (broad SMARTS) is 1. The van der Waals surface area contributed by atoms with Crippen molar-refractivity contribution in [1.82, 2.24) is 5.32 Å². The van der Waals surface area contributed by atoms with E-state index in [0.29, 0.717) is 12.2 Å². The smallest absolute Gasteiger partial charge is 0.308 e. The van der Waals surface area contributed by atoms with Crippen molar-refractivity contribution in [3.8, 4) is 0 Å². The molecule has 4 nitrogen and oxygen atoms in total. The Balaban J connectivity index is 1.74. The van der Waals surface area contributed by atoms with Crippen LogP contribution in [0.2, 0.25) is 0 Å². The van der Waals surface area contributed by atoms with Gasteiger partial charge in [-0.15, -0.1) is 11.8 Å². The summed E-state index contributed by atoms with van der Waals surface area (Å²) in [5, 5.41) is 12.0. The van der Waals surface area contributed by atoms with E-state index >= 15 is 0 Å². The lowest BCUT2D eigenvalue weighted by molar-refractivity contribution is -0.142. The number of hydrogen-bond acceptors (Lipinski definition) is 3. The number of carbonyl (C=O) groups is 2. The zero-order chi connectivity index (χ0) is 15.2. The molecule has 2 N–H and O–H groups in total. The molecule has 0 aromatic heterocycles. The van der Waals surface area contributed by atoms with E-state index in [0.717, 1.165) is 18.6 Å². The molecule has 2 unspecified atom stereocenters. The molecule has 2 rings (SSSR count). The van der Waals surface area contributed by atoms with E-state index < -0.39 is 11.9 Å². The van der Waals surface area contributed by atoms with Crippen LogP contribution in [0.3, 0.4) is 0 Å². The van der Waals surface area contributed by atoms with Crippen LogP contribution < -0.4 is 5.32 Å². The Labute approximate surface area is 129 Å². The van der Waals surface area contributed by atoms with Gasteiger partial charge in [-0.2, -0.15) is 0 Å². The highest BCUT2D eigenvalue weighted by molar-refractivity contribution is 7.99. The van der Waals surface area contributed by atoms with Crippen molar-refractivity contribution in [2.45, 2.75) is 38.0 Å². The van der Waals surface area contributed by atoms with E-state index in [4.69, 9.17) is 5.11 Å². The van der Waals surface area contributed by atoms with Gasteiger partial charge in [0.05, 0.1) is 11.7 Å². The third-order valence-corrected chi connectivity index (χ3v) is 4.77. The Morgan fingerprint density at radius 3 is 2.90 bits per heavy atom. The molecule has 1 saturated carbocycles. The van der Waals surface area contributed by atoms with E-state index in [9.17, 15) is 9.59 Å². The van der Waals surface area contributed by atoms with Gasteiger partial charge >= 0.3 is 5.97 Å². The lowest BCUT2D eigenvalue weighted by Crippen LogP contribution is -2.41. The summed E-state index contributed by atoms with van der Waals surface area (Å²) >= 11 is 1.56. The van der Waals surface area contributed by atoms with E-state index in [1.807, 2.05) is 19.1 Å². The lowest BCUT2D eigenvalue weighted by atomic mass is 10.0. The topological polar surface area (TPSA) is 66.4 Å². The van der Waals surface area contributed by atoms with Crippen LogP contribution in [0.1, 0.15) is 30.4 Å². The first-order chi connectivity index (χ1) is 10.1. The molecule has 1 amide bonds. The van der Waals surface area contributed by atoms with Crippen molar-refractivity contribution in [2.75, 3.05) is 5.75 Å². The normalized spacial score (nSPS) is 21.2. The number of amides is 1. The number of hydrogen-bond donors (Lipinski definition) is 2. The maximum Gasteiger partial charge on any atom is 0.308 e. The van der Waals surface area contributed by atoms with Crippen molar-refractivity contribution >= 4 is 23.6 Å². The van der Waals surface area contributed by atoms with Crippen molar-refractivity contribution in [3.63, 3.8) is 0 Å². The highest BCUT2D eigenvalue weighted by Gasteiger charge is 2.33. The first-order valence-corrected chi connectivity index (χ1v) is 8.37. The van der Waals surface area contributed by atoms with Crippen LogP contribution in [0.5, 0.6) is 0 Å². The first-order valence-electron chi connectivity index (χ1n) is 7.21. The van der Waals surface area contributed by atoms with Gasteiger partial charge in [-0.05, 0) is 25.3 Å². The van der Waals surface area contributed by atoms with Crippen LogP contribution in [0.4, 0.5) is 0 Å². The molecule has 21 heavy (non-hydrogen) atoms. The van der Waals surface area contributed by atoms with Gasteiger partial charge < -0.3 is 10.4 Å². The summed E-state index contributed by atoms with van der Waals surface area (Å²) in [5.41, 5.74) is 2.42. The molecule has 1 aromatic carbocycles. The fraction of sp³-hybridized carbons (Fsp3) is 0.500. The molecule has 1 aromatic rings. The molecule has 1 aliphatic rings. The summed E-state index contributed by atoms with van der Waals surface area (Å²) < 4.78 is 0. The van der Waals surface area contributed by atoms with Crippen LogP contribution in [0.15, 0.2) is 24.3 Å². The maximum absolute atomic E-state index is 11.9. The monoisotopic (exact) mass is 307 g/mol. The molecule has 0 heterocycles. The molecule has 1 fully saturated rings. The van der Waals surface area contributed by atoms with Crippen molar-refractivity contribution in [3.05, 3.63) is 35.4 Å². The largest absolute Gasteiger partial charge is 0.481 e. The molecular formula is C16H21NO3S. The van der Waals surface area contributed by atoms with Crippen LogP contribution >= 0.6 is 11.8 Å². The Bertz CT molecular complexity index is 518. The summed E-state index contributed by atoms with van der Waals surface area (Å²) in [5.74, 6) is -0.120. The third-order valence-electron chi connectivity index (χ3n) is 3.76. The van der Waals surface area contributed by atoms with Gasteiger partial charge in [-0.3, -0.25) is 9.59 Å². The van der Waals surface area contributed by atoms with E-state index in [2.05, 4.69) is 17.4 Å². The number of aliphatic carboxylic acids is 1. The number of aryl methyl sites for hydroxylation is 1. The fourth-order valence-corrected chi connectivity index (χ4v) is 3.53. The number of thioether (sulfide) groups is 1. The quantitative estimate of drug-likeness (QED) is 0.848. The van der Waals surface area contributed by atoms with Gasteiger partial charge in [-0.25, -0.2) is 0 Å². The second-order valence-electron chi connectivity index (χ2n) is 5.53. The summed E-state index contributed by atoms with van der Waals surface area (Å²) in [6, 6.07) is 8.03. The Hall–Kier alpha value is -1.49. The van der Waals surface area contributed by atoms with Gasteiger partial charge in [0.2, 0.25) is 5.91 Å². The molecule has 0 saturated heterocycles. The predicted octanol–water partition coefficient (Wildman–Crippen LogP) is 2.60. The molecule has 0 radical (unpaired) electrons. The molecule has 0 aliphatic heterocycles. The van der Waals surface area contributed by atoms with Crippen molar-refractivity contribution in [1.29, 1.82) is 0 Å². The first kappa shape index (κ1) is 15.9. The highest BCUT2D eigenvalue weighted by Crippen LogP contribution is 2.26. The highest BCUT2D eigenvalue weighted by atomic mass is 32.2. The molecule has 114 valence electrons. The van der Waals surface area contributed by atoms with Gasteiger partial charge in [-0.1, -0.05) is 36.2 Å². The number of benzene rings is 1. The average Bonchev–Trinajstić information content (AvgIpc) is 2.87. The van der Waals surface area contributed by atoms with Crippen molar-refractivity contribution < 1.29 is 14.7 Å². The summed E-state index contributed by atoms with van der Waals surface area (Å²) in [6.07, 6.45) is 2.31. The molecule has 2 atom stereocenters. The van der Waals surface area contributed by atoms with Gasteiger partial charge in [0.1, 0.15) is 0 Å². The molecule has 0 bridgehead atoms. The SMILES string of the molecule is Cc1cccc(CSCC(=O)NC2CCCC2C(=O)O)c1. The zero-order valence-corrected chi connectivity index (χ0v) is 13.0. The predicted molar refractivity (Wildman–Crippen MR) is 84.2 cm³/mol. The van der Waals surface area contributed by atoms with Crippen molar-refractivity contribution in [2.24, 2.45) is 5.92 Å². The minimum Gasteiger partial charge on any atom is -0.481 e. The molecule has 1 aliphatic carbocycles. The summed E-state index contributed by atoms with van der Waals surface area (Å²) in [7, 11) is 0. The average molecular weight is 307 g/mol. The second kappa shape index (κ2) is 7.50. The lowest BCUT2D eigenvalue weighted by Gasteiger charge is -2.17. The number of nitrogens with one attached hydrogen (secondary N) is 1. The zero-order valence-electron chi connectivity index (χ0n) is 12.2. The van der Waals surface area contributed by atoms with Crippen LogP contribution in [-0.2, 0) is 15.3 Å². The molecule has 5 heteroatoms. The fourth-order valence-electron chi connectivity index (χ4n) is 2.74. The second-order valence-corrected chi connectivity index (χ2v) is 6.52. The molecular weight excluding hydrogens is 286 g/mol. The van der Waals surface area contributed by atoms with Crippen LogP contribution in [0.25, 0.3) is 0 Å². The number of carbonyl (C=O) groups excluding carboxylic acids is 1. The maximum atomic E-state index is 11.9. The molecule has 0 spiro atoms. The minimum atomic E-state index is -0.801. The van der Waals surface area contributed by atoms with Crippen LogP contribution in [-0.4, -0.2) is 28.8 Å². The number of rotatable bonds is 6. The Morgan fingerprint density at radius 2 is 2.19 bits per heavy atom. The summed E-state index contributed by atoms with van der Waals surface area (Å²) in [6.45, 7) is 2.05. The van der Waals surface area contributed by atoms with E-state index in [-0.39, 0.29) is 11.9 Å². The van der Waals surface area contributed by atoms with E-state index in [1.54, 1.807) is 11.8 Å². The minimum absolute atomic E-state index is 0.0641. The number of carboxylic acids is 1. The summed E-state index contributed by atoms with van der Waals surface area (Å²) in [4.78, 5) is 23.0. The van der Waals surface area contributed by atoms with Gasteiger partial charge in [0, 0.05) is 11.8 Å². The standard InChI is InChI=1S/C16H21NO3S/c1-11-4-2-5-12(8-11)9-21-10-15(18)17-14-7-3-6-13(14)16(19)20/h2,4-5,8,13-14H,3,6-7,9-10H2,1H3,(H,17,18)(H,19,20). The van der Waals surface area contributed by atoms with E-state index in [1.165, 1.54) is 11.1 Å².